The Kier molecular flexibility index (Phi) is 6.52. The number of benzene rings is 1. The first-order valence-corrected chi connectivity index (χ1v) is 10.6. The molecule has 118 valence electrons. The number of aryl methyl sites for hydroxylation is 1. The molecule has 1 heteroatoms. The molecule has 0 spiro atoms. The van der Waals surface area contributed by atoms with Crippen molar-refractivity contribution in [2.45, 2.75) is 71.5 Å². The van der Waals surface area contributed by atoms with Gasteiger partial charge in [0, 0.05) is 11.1 Å². The normalized spacial score (nSPS) is 11.5. The van der Waals surface area contributed by atoms with Gasteiger partial charge in [-0.1, -0.05) is 60.3 Å². The zero-order valence-corrected chi connectivity index (χ0v) is 16.2. The molecule has 0 saturated carbocycles. The molecule has 0 heterocycles. The number of terminal acetylenes is 1. The molecule has 0 aliphatic heterocycles. The second-order valence-corrected chi connectivity index (χ2v) is 12.6. The summed E-state index contributed by atoms with van der Waals surface area (Å²) in [4.78, 5) is 0. The highest BCUT2D eigenvalue weighted by molar-refractivity contribution is 6.90. The van der Waals surface area contributed by atoms with Gasteiger partial charge in [0.2, 0.25) is 0 Å². The van der Waals surface area contributed by atoms with Crippen molar-refractivity contribution in [3.8, 4) is 23.8 Å². The maximum absolute atomic E-state index is 5.56. The summed E-state index contributed by atoms with van der Waals surface area (Å²) in [6.07, 6.45) is 6.51. The molecule has 0 aromatic heterocycles. The van der Waals surface area contributed by atoms with Crippen molar-refractivity contribution in [2.75, 3.05) is 0 Å². The Hall–Kier alpha value is -1.44. The van der Waals surface area contributed by atoms with Crippen LogP contribution in [-0.4, -0.2) is 8.07 Å². The van der Waals surface area contributed by atoms with Crippen molar-refractivity contribution < 1.29 is 0 Å². The summed E-state index contributed by atoms with van der Waals surface area (Å²) < 4.78 is 0. The van der Waals surface area contributed by atoms with Crippen LogP contribution in [0, 0.1) is 23.8 Å². The molecular weight excluding hydrogens is 280 g/mol. The van der Waals surface area contributed by atoms with Crippen molar-refractivity contribution in [1.82, 2.24) is 0 Å². The Morgan fingerprint density at radius 3 is 1.95 bits per heavy atom. The van der Waals surface area contributed by atoms with E-state index in [4.69, 9.17) is 6.42 Å². The van der Waals surface area contributed by atoms with E-state index in [1.807, 2.05) is 6.07 Å². The van der Waals surface area contributed by atoms with E-state index in [0.717, 1.165) is 17.5 Å². The monoisotopic (exact) mass is 310 g/mol. The fourth-order valence-corrected chi connectivity index (χ4v) is 8.95. The topological polar surface area (TPSA) is 0 Å². The summed E-state index contributed by atoms with van der Waals surface area (Å²) in [7, 11) is -1.66. The van der Waals surface area contributed by atoms with Crippen LogP contribution in [0.1, 0.15) is 65.2 Å². The maximum atomic E-state index is 5.56. The van der Waals surface area contributed by atoms with Crippen LogP contribution >= 0.6 is 0 Å². The van der Waals surface area contributed by atoms with Crippen LogP contribution in [0.3, 0.4) is 0 Å². The summed E-state index contributed by atoms with van der Waals surface area (Å²) in [5.41, 5.74) is 9.08. The molecule has 0 nitrogen and oxygen atoms in total. The van der Waals surface area contributed by atoms with Crippen LogP contribution in [0.2, 0.25) is 16.6 Å². The lowest BCUT2D eigenvalue weighted by atomic mass is 10.0. The second-order valence-electron chi connectivity index (χ2n) is 7.02. The van der Waals surface area contributed by atoms with Gasteiger partial charge in [0.05, 0.1) is 0 Å². The molecular formula is C21H30Si. The highest BCUT2D eigenvalue weighted by Crippen LogP contribution is 2.40. The van der Waals surface area contributed by atoms with Gasteiger partial charge in [-0.3, -0.25) is 0 Å². The van der Waals surface area contributed by atoms with Gasteiger partial charge in [0.15, 0.2) is 0 Å². The molecule has 0 unspecified atom stereocenters. The molecule has 0 aliphatic carbocycles. The van der Waals surface area contributed by atoms with E-state index in [9.17, 15) is 0 Å². The molecule has 1 aromatic rings. The molecule has 0 fully saturated rings. The van der Waals surface area contributed by atoms with E-state index in [0.29, 0.717) is 16.6 Å². The number of hydrogen-bond acceptors (Lipinski definition) is 0. The molecule has 1 rings (SSSR count). The zero-order chi connectivity index (χ0) is 16.9. The third-order valence-electron chi connectivity index (χ3n) is 4.93. The quantitative estimate of drug-likeness (QED) is 0.487. The van der Waals surface area contributed by atoms with Gasteiger partial charge >= 0.3 is 0 Å². The summed E-state index contributed by atoms with van der Waals surface area (Å²) in [6.45, 7) is 16.2. The standard InChI is InChI=1S/C21H30Si/c1-9-20-12-11-19(15-21(20)10-2)13-14-22(16(3)4,17(5)6)18(7)8/h1,11-12,15-18H,10H2,2-8H3. The van der Waals surface area contributed by atoms with Crippen LogP contribution in [-0.2, 0) is 6.42 Å². The van der Waals surface area contributed by atoms with Gasteiger partial charge in [-0.15, -0.1) is 12.0 Å². The second kappa shape index (κ2) is 7.71. The Bertz CT molecular complexity index is 581. The van der Waals surface area contributed by atoms with Crippen molar-refractivity contribution in [3.05, 3.63) is 34.9 Å². The van der Waals surface area contributed by atoms with E-state index in [-0.39, 0.29) is 0 Å². The van der Waals surface area contributed by atoms with Crippen molar-refractivity contribution in [1.29, 1.82) is 0 Å². The molecule has 0 radical (unpaired) electrons. The lowest BCUT2D eigenvalue weighted by Crippen LogP contribution is -2.43. The summed E-state index contributed by atoms with van der Waals surface area (Å²) in [5, 5.41) is 0. The van der Waals surface area contributed by atoms with Gasteiger partial charge in [0.1, 0.15) is 8.07 Å². The molecule has 0 atom stereocenters. The first-order valence-electron chi connectivity index (χ1n) is 8.42. The summed E-state index contributed by atoms with van der Waals surface area (Å²) >= 11 is 0. The first kappa shape index (κ1) is 18.6. The Labute approximate surface area is 138 Å². The molecule has 1 aromatic carbocycles. The molecule has 22 heavy (non-hydrogen) atoms. The predicted molar refractivity (Wildman–Crippen MR) is 102 cm³/mol. The highest BCUT2D eigenvalue weighted by Gasteiger charge is 2.41. The van der Waals surface area contributed by atoms with Crippen LogP contribution in [0.4, 0.5) is 0 Å². The van der Waals surface area contributed by atoms with Crippen LogP contribution in [0.15, 0.2) is 18.2 Å². The SMILES string of the molecule is C#Cc1ccc(C#C[Si](C(C)C)(C(C)C)C(C)C)cc1CC. The Morgan fingerprint density at radius 2 is 1.55 bits per heavy atom. The van der Waals surface area contributed by atoms with E-state index in [2.05, 4.69) is 78.0 Å². The Morgan fingerprint density at radius 1 is 1.00 bits per heavy atom. The average molecular weight is 311 g/mol. The lowest BCUT2D eigenvalue weighted by molar-refractivity contribution is 0.838. The molecule has 0 saturated heterocycles. The molecule has 0 bridgehead atoms. The summed E-state index contributed by atoms with van der Waals surface area (Å²) in [6, 6.07) is 6.27. The van der Waals surface area contributed by atoms with Crippen molar-refractivity contribution in [3.63, 3.8) is 0 Å². The average Bonchev–Trinajstić information content (AvgIpc) is 2.46. The third kappa shape index (κ3) is 3.66. The van der Waals surface area contributed by atoms with E-state index < -0.39 is 8.07 Å². The van der Waals surface area contributed by atoms with Gasteiger partial charge in [0.25, 0.3) is 0 Å². The number of rotatable bonds is 4. The van der Waals surface area contributed by atoms with E-state index in [1.54, 1.807) is 0 Å². The van der Waals surface area contributed by atoms with Crippen LogP contribution < -0.4 is 0 Å². The molecule has 0 amide bonds. The zero-order valence-electron chi connectivity index (χ0n) is 15.2. The number of hydrogen-bond donors (Lipinski definition) is 0. The molecule has 0 aliphatic rings. The highest BCUT2D eigenvalue weighted by atomic mass is 28.3. The third-order valence-corrected chi connectivity index (χ3v) is 11.2. The van der Waals surface area contributed by atoms with Crippen LogP contribution in [0.25, 0.3) is 0 Å². The van der Waals surface area contributed by atoms with Gasteiger partial charge in [-0.2, -0.15) is 0 Å². The van der Waals surface area contributed by atoms with Gasteiger partial charge in [-0.25, -0.2) is 0 Å². The minimum Gasteiger partial charge on any atom is -0.125 e. The maximum Gasteiger partial charge on any atom is 0.146 e. The fourth-order valence-electron chi connectivity index (χ4n) is 3.72. The molecule has 0 N–H and O–H groups in total. The fraction of sp³-hybridized carbons (Fsp3) is 0.524. The Balaban J connectivity index is 3.33. The van der Waals surface area contributed by atoms with Crippen molar-refractivity contribution in [2.24, 2.45) is 0 Å². The largest absolute Gasteiger partial charge is 0.146 e. The van der Waals surface area contributed by atoms with E-state index in [1.165, 1.54) is 5.56 Å². The van der Waals surface area contributed by atoms with E-state index >= 15 is 0 Å². The van der Waals surface area contributed by atoms with Crippen LogP contribution in [0.5, 0.6) is 0 Å². The minimum absolute atomic E-state index is 0.663. The summed E-state index contributed by atoms with van der Waals surface area (Å²) in [5.74, 6) is 6.26. The lowest BCUT2D eigenvalue weighted by Gasteiger charge is -2.38. The predicted octanol–water partition coefficient (Wildman–Crippen LogP) is 5.80. The van der Waals surface area contributed by atoms with Crippen molar-refractivity contribution >= 4 is 8.07 Å². The first-order chi connectivity index (χ1) is 10.3. The smallest absolute Gasteiger partial charge is 0.125 e. The minimum atomic E-state index is -1.66. The van der Waals surface area contributed by atoms with Gasteiger partial charge in [-0.05, 0) is 46.8 Å². The van der Waals surface area contributed by atoms with Gasteiger partial charge < -0.3 is 0 Å².